The fourth-order valence-electron chi connectivity index (χ4n) is 2.16. The first-order chi connectivity index (χ1) is 6.27. The van der Waals surface area contributed by atoms with Crippen LogP contribution in [-0.2, 0) is 4.74 Å². The first kappa shape index (κ1) is 9.44. The van der Waals surface area contributed by atoms with Crippen LogP contribution in [0.4, 0.5) is 0 Å². The number of hydrogen-bond acceptors (Lipinski definition) is 3. The molecule has 2 saturated heterocycles. The molecule has 3 heteroatoms. The topological polar surface area (TPSA) is 15.7 Å². The largest absolute Gasteiger partial charge is 0.378 e. The molecule has 0 amide bonds. The molecule has 76 valence electrons. The summed E-state index contributed by atoms with van der Waals surface area (Å²) in [6, 6.07) is 1.50. The smallest absolute Gasteiger partial charge is 0.0645 e. The van der Waals surface area contributed by atoms with Crippen LogP contribution >= 0.6 is 0 Å². The van der Waals surface area contributed by atoms with Crippen LogP contribution in [0.25, 0.3) is 0 Å². The lowest BCUT2D eigenvalue weighted by molar-refractivity contribution is -0.0754. The number of ether oxygens (including phenoxy) is 1. The molecule has 2 rings (SSSR count). The summed E-state index contributed by atoms with van der Waals surface area (Å²) in [5.41, 5.74) is 0. The molecule has 13 heavy (non-hydrogen) atoms. The van der Waals surface area contributed by atoms with E-state index >= 15 is 0 Å². The van der Waals surface area contributed by atoms with Gasteiger partial charge in [-0.3, -0.25) is 4.90 Å². The zero-order chi connectivity index (χ0) is 9.26. The molecule has 0 atom stereocenters. The first-order valence-electron chi connectivity index (χ1n) is 5.25. The third-order valence-electron chi connectivity index (χ3n) is 3.46. The average molecular weight is 184 g/mol. The first-order valence-corrected chi connectivity index (χ1v) is 5.25. The van der Waals surface area contributed by atoms with Crippen molar-refractivity contribution < 1.29 is 4.74 Å². The van der Waals surface area contributed by atoms with Crippen LogP contribution in [0.3, 0.4) is 0 Å². The summed E-state index contributed by atoms with van der Waals surface area (Å²) in [6.07, 6.45) is 2.65. The minimum Gasteiger partial charge on any atom is -0.378 e. The number of nitrogens with zero attached hydrogens (tertiary/aromatic N) is 2. The molecule has 2 fully saturated rings. The summed E-state index contributed by atoms with van der Waals surface area (Å²) in [6.45, 7) is 4.40. The van der Waals surface area contributed by atoms with Gasteiger partial charge >= 0.3 is 0 Å². The van der Waals surface area contributed by atoms with E-state index in [2.05, 4.69) is 23.9 Å². The van der Waals surface area contributed by atoms with Crippen molar-refractivity contribution in [1.82, 2.24) is 9.80 Å². The minimum atomic E-state index is 0.702. The molecule has 0 aromatic carbocycles. The third-order valence-corrected chi connectivity index (χ3v) is 3.46. The van der Waals surface area contributed by atoms with E-state index in [-0.39, 0.29) is 0 Å². The van der Waals surface area contributed by atoms with Crippen molar-refractivity contribution >= 4 is 0 Å². The highest BCUT2D eigenvalue weighted by Crippen LogP contribution is 2.19. The second-order valence-electron chi connectivity index (χ2n) is 4.39. The molecule has 0 aromatic rings. The average Bonchev–Trinajstić information content (AvgIpc) is 2.02. The van der Waals surface area contributed by atoms with Gasteiger partial charge in [-0.1, -0.05) is 0 Å². The molecule has 0 spiro atoms. The molecule has 0 unspecified atom stereocenters. The Morgan fingerprint density at radius 3 is 2.23 bits per heavy atom. The van der Waals surface area contributed by atoms with Gasteiger partial charge in [-0.25, -0.2) is 0 Å². The van der Waals surface area contributed by atoms with Crippen molar-refractivity contribution in [2.24, 2.45) is 0 Å². The summed E-state index contributed by atoms with van der Waals surface area (Å²) >= 11 is 0. The van der Waals surface area contributed by atoms with Crippen molar-refractivity contribution in [3.63, 3.8) is 0 Å². The number of hydrogen-bond donors (Lipinski definition) is 0. The molecule has 3 nitrogen and oxygen atoms in total. The zero-order valence-electron chi connectivity index (χ0n) is 8.70. The Morgan fingerprint density at radius 2 is 1.77 bits per heavy atom. The highest BCUT2D eigenvalue weighted by atomic mass is 16.5. The minimum absolute atomic E-state index is 0.702. The molecule has 0 bridgehead atoms. The van der Waals surface area contributed by atoms with Gasteiger partial charge < -0.3 is 9.64 Å². The standard InChI is InChI=1S/C10H20N2O/c1-11-5-3-9(4-6-11)12(2)10-7-13-8-10/h9-10H,3-8H2,1-2H3. The van der Waals surface area contributed by atoms with E-state index in [0.717, 1.165) is 19.3 Å². The Hall–Kier alpha value is -0.120. The number of piperidine rings is 1. The summed E-state index contributed by atoms with van der Waals surface area (Å²) in [5.74, 6) is 0. The van der Waals surface area contributed by atoms with E-state index in [4.69, 9.17) is 4.74 Å². The Labute approximate surface area is 80.6 Å². The predicted molar refractivity (Wildman–Crippen MR) is 52.9 cm³/mol. The molecule has 0 saturated carbocycles. The highest BCUT2D eigenvalue weighted by Gasteiger charge is 2.29. The SMILES string of the molecule is CN1CCC(N(C)C2COC2)CC1. The van der Waals surface area contributed by atoms with E-state index in [1.807, 2.05) is 0 Å². The second kappa shape index (κ2) is 3.95. The lowest BCUT2D eigenvalue weighted by Gasteiger charge is -2.42. The zero-order valence-corrected chi connectivity index (χ0v) is 8.70. The van der Waals surface area contributed by atoms with Crippen molar-refractivity contribution in [1.29, 1.82) is 0 Å². The van der Waals surface area contributed by atoms with Crippen LogP contribution in [0, 0.1) is 0 Å². The maximum absolute atomic E-state index is 5.22. The van der Waals surface area contributed by atoms with Gasteiger partial charge in [-0.15, -0.1) is 0 Å². The lowest BCUT2D eigenvalue weighted by Crippen LogP contribution is -2.53. The van der Waals surface area contributed by atoms with Gasteiger partial charge in [0.15, 0.2) is 0 Å². The molecule has 0 N–H and O–H groups in total. The van der Waals surface area contributed by atoms with Crippen LogP contribution in [-0.4, -0.2) is 62.3 Å². The van der Waals surface area contributed by atoms with E-state index < -0.39 is 0 Å². The van der Waals surface area contributed by atoms with Gasteiger partial charge in [0.1, 0.15) is 0 Å². The van der Waals surface area contributed by atoms with E-state index in [9.17, 15) is 0 Å². The maximum atomic E-state index is 5.22. The quantitative estimate of drug-likeness (QED) is 0.618. The van der Waals surface area contributed by atoms with E-state index in [1.165, 1.54) is 25.9 Å². The summed E-state index contributed by atoms with van der Waals surface area (Å²) in [4.78, 5) is 4.94. The van der Waals surface area contributed by atoms with Crippen molar-refractivity contribution in [3.8, 4) is 0 Å². The monoisotopic (exact) mass is 184 g/mol. The van der Waals surface area contributed by atoms with Crippen molar-refractivity contribution in [3.05, 3.63) is 0 Å². The lowest BCUT2D eigenvalue weighted by atomic mass is 10.0. The summed E-state index contributed by atoms with van der Waals surface area (Å²) in [5, 5.41) is 0. The highest BCUT2D eigenvalue weighted by molar-refractivity contribution is 4.84. The molecule has 2 aliphatic heterocycles. The molecule has 2 aliphatic rings. The molecular weight excluding hydrogens is 164 g/mol. The normalized spacial score (nSPS) is 27.9. The van der Waals surface area contributed by atoms with Crippen LogP contribution in [0.2, 0.25) is 0 Å². The van der Waals surface area contributed by atoms with Crippen LogP contribution in [0.5, 0.6) is 0 Å². The fourth-order valence-corrected chi connectivity index (χ4v) is 2.16. The van der Waals surface area contributed by atoms with Gasteiger partial charge in [-0.05, 0) is 40.0 Å². The van der Waals surface area contributed by atoms with Gasteiger partial charge in [-0.2, -0.15) is 0 Å². The molecule has 0 aliphatic carbocycles. The molecule has 0 aromatic heterocycles. The molecular formula is C10H20N2O. The van der Waals surface area contributed by atoms with Gasteiger partial charge in [0.25, 0.3) is 0 Å². The number of likely N-dealkylation sites (N-methyl/N-ethyl adjacent to an activating group) is 1. The fraction of sp³-hybridized carbons (Fsp3) is 1.00. The maximum Gasteiger partial charge on any atom is 0.0645 e. The number of rotatable bonds is 2. The summed E-state index contributed by atoms with van der Waals surface area (Å²) < 4.78 is 5.22. The van der Waals surface area contributed by atoms with Crippen molar-refractivity contribution in [2.75, 3.05) is 40.4 Å². The Balaban J connectivity index is 1.79. The van der Waals surface area contributed by atoms with E-state index in [0.29, 0.717) is 6.04 Å². The van der Waals surface area contributed by atoms with Gasteiger partial charge in [0.05, 0.1) is 19.3 Å². The Kier molecular flexibility index (Phi) is 2.86. The Morgan fingerprint density at radius 1 is 1.15 bits per heavy atom. The van der Waals surface area contributed by atoms with Gasteiger partial charge in [0, 0.05) is 6.04 Å². The number of likely N-dealkylation sites (tertiary alicyclic amines) is 1. The van der Waals surface area contributed by atoms with Crippen LogP contribution < -0.4 is 0 Å². The second-order valence-corrected chi connectivity index (χ2v) is 4.39. The Bertz CT molecular complexity index is 162. The van der Waals surface area contributed by atoms with Gasteiger partial charge in [0.2, 0.25) is 0 Å². The van der Waals surface area contributed by atoms with E-state index in [1.54, 1.807) is 0 Å². The summed E-state index contributed by atoms with van der Waals surface area (Å²) in [7, 11) is 4.46. The van der Waals surface area contributed by atoms with Crippen LogP contribution in [0.15, 0.2) is 0 Å². The third kappa shape index (κ3) is 2.03. The van der Waals surface area contributed by atoms with Crippen molar-refractivity contribution in [2.45, 2.75) is 24.9 Å². The molecule has 0 radical (unpaired) electrons. The molecule has 2 heterocycles. The predicted octanol–water partition coefficient (Wildman–Crippen LogP) is 0.411. The van der Waals surface area contributed by atoms with Crippen LogP contribution in [0.1, 0.15) is 12.8 Å².